The minimum absolute atomic E-state index is 0.0231. The molecule has 1 aromatic heterocycles. The number of hydrogen-bond acceptors (Lipinski definition) is 7. The number of imide groups is 2. The van der Waals surface area contributed by atoms with Gasteiger partial charge in [-0.25, -0.2) is 34.8 Å². The number of ether oxygens (including phenoxy) is 2. The van der Waals surface area contributed by atoms with Crippen LogP contribution in [0.25, 0.3) is 0 Å². The number of hydrogen-bond donors (Lipinski definition) is 4. The first-order chi connectivity index (χ1) is 10.4. The van der Waals surface area contributed by atoms with Gasteiger partial charge >= 0.3 is 24.2 Å². The second kappa shape index (κ2) is 10.7. The van der Waals surface area contributed by atoms with E-state index < -0.39 is 24.2 Å². The number of nitrogens with zero attached hydrogens (tertiary/aromatic N) is 1. The number of H-pyrrole nitrogens is 1. The zero-order valence-corrected chi connectivity index (χ0v) is 11.9. The number of alkyl carbamates (subject to hydrolysis) is 2. The maximum Gasteiger partial charge on any atom is 0.415 e. The van der Waals surface area contributed by atoms with Gasteiger partial charge in [0.1, 0.15) is 0 Å². The Morgan fingerprint density at radius 3 is 1.91 bits per heavy atom. The summed E-state index contributed by atoms with van der Waals surface area (Å²) < 4.78 is 8.78. The van der Waals surface area contributed by atoms with E-state index in [1.165, 1.54) is 12.4 Å². The maximum atomic E-state index is 10.8. The fraction of sp³-hybridized carbons (Fsp3) is 0.364. The first kappa shape index (κ1) is 18.9. The molecule has 4 amide bonds. The van der Waals surface area contributed by atoms with Gasteiger partial charge in [-0.1, -0.05) is 0 Å². The Balaban J connectivity index is 0.000000461. The second-order valence-corrected chi connectivity index (χ2v) is 3.26. The lowest BCUT2D eigenvalue weighted by molar-refractivity contribution is 0.0684. The van der Waals surface area contributed by atoms with Crippen LogP contribution in [-0.4, -0.2) is 52.5 Å². The zero-order chi connectivity index (χ0) is 17.0. The number of aromatic amines is 1. The van der Waals surface area contributed by atoms with Crippen LogP contribution in [0.2, 0.25) is 0 Å². The number of amides is 4. The van der Waals surface area contributed by atoms with Gasteiger partial charge in [0.2, 0.25) is 5.82 Å². The van der Waals surface area contributed by atoms with Crippen LogP contribution in [-0.2, 0) is 9.47 Å². The van der Waals surface area contributed by atoms with E-state index in [0.717, 1.165) is 0 Å². The molecule has 0 aliphatic carbocycles. The highest BCUT2D eigenvalue weighted by atomic mass is 16.6. The molecule has 0 atom stereocenters. The summed E-state index contributed by atoms with van der Waals surface area (Å²) in [5, 5.41) is 11.7. The number of nitrogens with one attached hydrogen (secondary N) is 3. The van der Waals surface area contributed by atoms with Gasteiger partial charge in [-0.15, -0.1) is 0 Å². The number of imidazole rings is 1. The van der Waals surface area contributed by atoms with Gasteiger partial charge in [-0.3, -0.25) is 0 Å². The Kier molecular flexibility index (Phi) is 9.15. The molecule has 11 nitrogen and oxygen atoms in total. The molecule has 122 valence electrons. The average molecular weight is 316 g/mol. The Bertz CT molecular complexity index is 479. The van der Waals surface area contributed by atoms with Crippen molar-refractivity contribution in [1.29, 1.82) is 0 Å². The predicted octanol–water partition coefficient (Wildman–Crippen LogP) is 0.706. The summed E-state index contributed by atoms with van der Waals surface area (Å²) in [7, 11) is 0. The van der Waals surface area contributed by atoms with E-state index in [4.69, 9.17) is 5.11 Å². The highest BCUT2D eigenvalue weighted by Gasteiger charge is 2.11. The number of carboxylic acids is 1. The summed E-state index contributed by atoms with van der Waals surface area (Å²) in [6.45, 7) is 3.45. The fourth-order valence-corrected chi connectivity index (χ4v) is 0.933. The van der Waals surface area contributed by atoms with E-state index in [1.807, 2.05) is 0 Å². The van der Waals surface area contributed by atoms with Crippen LogP contribution in [0.15, 0.2) is 12.4 Å². The Labute approximate surface area is 125 Å². The van der Waals surface area contributed by atoms with Crippen molar-refractivity contribution in [1.82, 2.24) is 20.6 Å². The van der Waals surface area contributed by atoms with Crippen molar-refractivity contribution in [3.63, 3.8) is 0 Å². The fourth-order valence-electron chi connectivity index (χ4n) is 0.933. The Hall–Kier alpha value is -3.11. The molecule has 0 unspecified atom stereocenters. The SMILES string of the molecule is CCOC(=O)NC(=O)NC(=O)OCC.O=C(O)c1ncc[nH]1. The first-order valence-corrected chi connectivity index (χ1v) is 6.04. The van der Waals surface area contributed by atoms with Crippen molar-refractivity contribution in [2.45, 2.75) is 13.8 Å². The molecule has 0 aliphatic heterocycles. The van der Waals surface area contributed by atoms with Crippen LogP contribution >= 0.6 is 0 Å². The topological polar surface area (TPSA) is 160 Å². The van der Waals surface area contributed by atoms with E-state index >= 15 is 0 Å². The van der Waals surface area contributed by atoms with Crippen molar-refractivity contribution in [3.05, 3.63) is 18.2 Å². The van der Waals surface area contributed by atoms with Crippen LogP contribution in [0.3, 0.4) is 0 Å². The number of urea groups is 1. The van der Waals surface area contributed by atoms with Gasteiger partial charge in [-0.2, -0.15) is 0 Å². The molecule has 1 heterocycles. The van der Waals surface area contributed by atoms with Crippen molar-refractivity contribution in [2.24, 2.45) is 0 Å². The molecule has 0 fully saturated rings. The highest BCUT2D eigenvalue weighted by molar-refractivity contribution is 5.98. The Morgan fingerprint density at radius 1 is 1.14 bits per heavy atom. The van der Waals surface area contributed by atoms with Crippen molar-refractivity contribution in [2.75, 3.05) is 13.2 Å². The molecule has 0 bridgehead atoms. The predicted molar refractivity (Wildman–Crippen MR) is 71.3 cm³/mol. The molecule has 1 rings (SSSR count). The van der Waals surface area contributed by atoms with E-state index in [1.54, 1.807) is 24.5 Å². The second-order valence-electron chi connectivity index (χ2n) is 3.26. The van der Waals surface area contributed by atoms with Gasteiger partial charge in [0.15, 0.2) is 0 Å². The van der Waals surface area contributed by atoms with Gasteiger partial charge in [0, 0.05) is 12.4 Å². The number of carboxylic acid groups (broad SMARTS) is 1. The van der Waals surface area contributed by atoms with Gasteiger partial charge in [0.25, 0.3) is 0 Å². The first-order valence-electron chi connectivity index (χ1n) is 6.04. The van der Waals surface area contributed by atoms with Crippen molar-refractivity contribution < 1.29 is 33.8 Å². The molecule has 0 spiro atoms. The highest BCUT2D eigenvalue weighted by Crippen LogP contribution is 1.84. The largest absolute Gasteiger partial charge is 0.475 e. The van der Waals surface area contributed by atoms with E-state index in [0.29, 0.717) is 0 Å². The molecule has 0 aliphatic rings. The number of aromatic nitrogens is 2. The third kappa shape index (κ3) is 8.90. The van der Waals surface area contributed by atoms with Crippen molar-refractivity contribution >= 4 is 24.2 Å². The van der Waals surface area contributed by atoms with Crippen LogP contribution in [0, 0.1) is 0 Å². The van der Waals surface area contributed by atoms with Gasteiger partial charge < -0.3 is 19.6 Å². The lowest BCUT2D eigenvalue weighted by Crippen LogP contribution is -2.42. The van der Waals surface area contributed by atoms with Gasteiger partial charge in [0.05, 0.1) is 13.2 Å². The molecule has 0 saturated carbocycles. The minimum Gasteiger partial charge on any atom is -0.475 e. The molecular weight excluding hydrogens is 300 g/mol. The third-order valence-corrected chi connectivity index (χ3v) is 1.68. The van der Waals surface area contributed by atoms with Gasteiger partial charge in [-0.05, 0) is 13.8 Å². The standard InChI is InChI=1S/C7H12N2O5.C4H4N2O2/c1-3-13-6(11)8-5(10)9-7(12)14-4-2;7-4(8)3-5-1-2-6-3/h3-4H2,1-2H3,(H2,8,9,10,11,12);1-2H,(H,5,6)(H,7,8). The summed E-state index contributed by atoms with van der Waals surface area (Å²) in [6.07, 6.45) is 1.01. The lowest BCUT2D eigenvalue weighted by Gasteiger charge is -2.04. The average Bonchev–Trinajstić information content (AvgIpc) is 2.93. The zero-order valence-electron chi connectivity index (χ0n) is 11.9. The van der Waals surface area contributed by atoms with Crippen LogP contribution in [0.1, 0.15) is 24.5 Å². The summed E-state index contributed by atoms with van der Waals surface area (Å²) in [5.74, 6) is -1.06. The quantitative estimate of drug-likeness (QED) is 0.634. The normalized spacial score (nSPS) is 8.82. The van der Waals surface area contributed by atoms with Crippen LogP contribution in [0.4, 0.5) is 14.4 Å². The Morgan fingerprint density at radius 2 is 1.64 bits per heavy atom. The summed E-state index contributed by atoms with van der Waals surface area (Å²) >= 11 is 0. The van der Waals surface area contributed by atoms with Crippen molar-refractivity contribution in [3.8, 4) is 0 Å². The molecule has 1 aromatic rings. The molecule has 0 aromatic carbocycles. The summed E-state index contributed by atoms with van der Waals surface area (Å²) in [6, 6.07) is -0.984. The molecule has 0 saturated heterocycles. The third-order valence-electron chi connectivity index (χ3n) is 1.68. The number of aromatic carboxylic acids is 1. The maximum absolute atomic E-state index is 10.8. The van der Waals surface area contributed by atoms with Crippen LogP contribution < -0.4 is 10.6 Å². The molecule has 4 N–H and O–H groups in total. The lowest BCUT2D eigenvalue weighted by atomic mass is 10.7. The smallest absolute Gasteiger partial charge is 0.415 e. The van der Waals surface area contributed by atoms with Crippen LogP contribution in [0.5, 0.6) is 0 Å². The molecule has 22 heavy (non-hydrogen) atoms. The number of rotatable bonds is 3. The summed E-state index contributed by atoms with van der Waals surface area (Å²) in [4.78, 5) is 47.9. The number of carbonyl (C=O) groups is 4. The molecule has 11 heteroatoms. The number of carbonyl (C=O) groups excluding carboxylic acids is 3. The molecule has 0 radical (unpaired) electrons. The van der Waals surface area contributed by atoms with E-state index in [-0.39, 0.29) is 19.0 Å². The summed E-state index contributed by atoms with van der Waals surface area (Å²) in [5.41, 5.74) is 0. The molecular formula is C11H16N4O7. The van der Waals surface area contributed by atoms with E-state index in [9.17, 15) is 19.2 Å². The monoisotopic (exact) mass is 316 g/mol. The van der Waals surface area contributed by atoms with E-state index in [2.05, 4.69) is 19.4 Å². The minimum atomic E-state index is -1.03.